The number of aliphatic hydroxyl groups excluding tert-OH is 3. The minimum atomic E-state index is -0.793. The summed E-state index contributed by atoms with van der Waals surface area (Å²) >= 11 is 0. The van der Waals surface area contributed by atoms with Gasteiger partial charge in [0.25, 0.3) is 0 Å². The van der Waals surface area contributed by atoms with Crippen LogP contribution in [0, 0.1) is 11.8 Å². The first-order valence-electron chi connectivity index (χ1n) is 10.1. The van der Waals surface area contributed by atoms with Crippen LogP contribution in [0.4, 0.5) is 0 Å². The maximum Gasteiger partial charge on any atom is 0.303 e. The van der Waals surface area contributed by atoms with Crippen molar-refractivity contribution in [2.45, 2.75) is 63.3 Å². The van der Waals surface area contributed by atoms with Crippen molar-refractivity contribution >= 4 is 5.97 Å². The van der Waals surface area contributed by atoms with Gasteiger partial charge in [0.05, 0.1) is 18.3 Å². The van der Waals surface area contributed by atoms with E-state index in [2.05, 4.69) is 0 Å². The van der Waals surface area contributed by atoms with Crippen LogP contribution in [0.25, 0.3) is 0 Å². The van der Waals surface area contributed by atoms with Crippen LogP contribution in [-0.2, 0) is 11.2 Å². The molecule has 1 aromatic rings. The number of aliphatic carboxylic acids is 1. The third-order valence-corrected chi connectivity index (χ3v) is 5.38. The minimum absolute atomic E-state index is 0.0942. The highest BCUT2D eigenvalue weighted by molar-refractivity contribution is 5.66. The van der Waals surface area contributed by atoms with Gasteiger partial charge in [-0.2, -0.15) is 0 Å². The van der Waals surface area contributed by atoms with Crippen LogP contribution in [0.15, 0.2) is 54.6 Å². The summed E-state index contributed by atoms with van der Waals surface area (Å²) in [7, 11) is 0. The summed E-state index contributed by atoms with van der Waals surface area (Å²) in [5, 5.41) is 39.4. The van der Waals surface area contributed by atoms with Gasteiger partial charge in [-0.15, -0.1) is 0 Å². The maximum atomic E-state index is 10.5. The van der Waals surface area contributed by atoms with Crippen LogP contribution < -0.4 is 0 Å². The monoisotopic (exact) mass is 388 g/mol. The van der Waals surface area contributed by atoms with Crippen LogP contribution in [0.5, 0.6) is 0 Å². The van der Waals surface area contributed by atoms with Gasteiger partial charge in [0.2, 0.25) is 0 Å². The Morgan fingerprint density at radius 1 is 1.14 bits per heavy atom. The summed E-state index contributed by atoms with van der Waals surface area (Å²) in [6.45, 7) is 0. The summed E-state index contributed by atoms with van der Waals surface area (Å²) in [6.07, 6.45) is 9.51. The summed E-state index contributed by atoms with van der Waals surface area (Å²) < 4.78 is 0. The van der Waals surface area contributed by atoms with E-state index in [1.807, 2.05) is 48.6 Å². The smallest absolute Gasteiger partial charge is 0.303 e. The van der Waals surface area contributed by atoms with Gasteiger partial charge in [0.1, 0.15) is 0 Å². The largest absolute Gasteiger partial charge is 0.481 e. The van der Waals surface area contributed by atoms with E-state index >= 15 is 0 Å². The van der Waals surface area contributed by atoms with E-state index in [1.165, 1.54) is 5.56 Å². The molecule has 1 aromatic carbocycles. The fraction of sp³-hybridized carbons (Fsp3) is 0.522. The van der Waals surface area contributed by atoms with Gasteiger partial charge < -0.3 is 20.4 Å². The van der Waals surface area contributed by atoms with Crippen molar-refractivity contribution in [3.05, 3.63) is 60.2 Å². The molecule has 0 heterocycles. The average molecular weight is 389 g/mol. The Morgan fingerprint density at radius 3 is 2.61 bits per heavy atom. The summed E-state index contributed by atoms with van der Waals surface area (Å²) in [6, 6.07) is 9.99. The van der Waals surface area contributed by atoms with E-state index in [0.29, 0.717) is 32.1 Å². The standard InChI is InChI=1S/C23H32O5/c24-18(13-12-17-8-4-3-5-9-17)14-15-20-19(21(25)16-22(20)26)10-6-1-2-7-11-23(27)28/h1,3-6,8-9,14-15,18-22,24-26H,2,7,10-13,16H2,(H,27,28)/t18?,19-,20-,21+,22-/m1/s1. The molecule has 28 heavy (non-hydrogen) atoms. The molecular formula is C23H32O5. The van der Waals surface area contributed by atoms with Gasteiger partial charge in [0, 0.05) is 18.8 Å². The van der Waals surface area contributed by atoms with E-state index in [-0.39, 0.29) is 18.3 Å². The lowest BCUT2D eigenvalue weighted by Crippen LogP contribution is -2.20. The van der Waals surface area contributed by atoms with Gasteiger partial charge in [-0.3, -0.25) is 4.79 Å². The minimum Gasteiger partial charge on any atom is -0.481 e. The number of rotatable bonds is 11. The Morgan fingerprint density at radius 2 is 1.89 bits per heavy atom. The van der Waals surface area contributed by atoms with Crippen LogP contribution in [-0.4, -0.2) is 44.7 Å². The molecule has 5 atom stereocenters. The van der Waals surface area contributed by atoms with Crippen LogP contribution >= 0.6 is 0 Å². The molecule has 1 fully saturated rings. The lowest BCUT2D eigenvalue weighted by Gasteiger charge is -2.19. The topological polar surface area (TPSA) is 98.0 Å². The molecule has 0 amide bonds. The van der Waals surface area contributed by atoms with Crippen molar-refractivity contribution in [2.75, 3.05) is 0 Å². The summed E-state index contributed by atoms with van der Waals surface area (Å²) in [5.74, 6) is -1.08. The SMILES string of the molecule is O=C(O)CCCC=CC[C@@H]1[C@@H](C=CC(O)CCc2ccccc2)[C@H](O)C[C@@H]1O. The number of hydrogen-bond donors (Lipinski definition) is 4. The van der Waals surface area contributed by atoms with E-state index in [4.69, 9.17) is 5.11 Å². The number of aliphatic hydroxyl groups is 3. The third kappa shape index (κ3) is 7.58. The molecule has 0 aliphatic heterocycles. The number of carbonyl (C=O) groups is 1. The molecule has 0 spiro atoms. The second-order valence-corrected chi connectivity index (χ2v) is 7.58. The predicted molar refractivity (Wildman–Crippen MR) is 109 cm³/mol. The van der Waals surface area contributed by atoms with Gasteiger partial charge >= 0.3 is 5.97 Å². The quantitative estimate of drug-likeness (QED) is 0.345. The van der Waals surface area contributed by atoms with Crippen molar-refractivity contribution in [1.82, 2.24) is 0 Å². The highest BCUT2D eigenvalue weighted by Gasteiger charge is 2.39. The Labute approximate surface area is 167 Å². The molecule has 0 bridgehead atoms. The second-order valence-electron chi connectivity index (χ2n) is 7.58. The zero-order chi connectivity index (χ0) is 20.4. The van der Waals surface area contributed by atoms with E-state index in [9.17, 15) is 20.1 Å². The summed E-state index contributed by atoms with van der Waals surface area (Å²) in [5.41, 5.74) is 1.18. The average Bonchev–Trinajstić information content (AvgIpc) is 2.94. The molecule has 5 heteroatoms. The number of carboxylic acids is 1. The first-order chi connectivity index (χ1) is 13.5. The van der Waals surface area contributed by atoms with Gasteiger partial charge in [-0.05, 0) is 43.6 Å². The Bertz CT molecular complexity index is 640. The van der Waals surface area contributed by atoms with E-state index in [0.717, 1.165) is 6.42 Å². The molecule has 0 aromatic heterocycles. The normalized spacial score (nSPS) is 26.2. The molecule has 5 nitrogen and oxygen atoms in total. The highest BCUT2D eigenvalue weighted by Crippen LogP contribution is 2.36. The number of benzene rings is 1. The van der Waals surface area contributed by atoms with E-state index in [1.54, 1.807) is 6.08 Å². The third-order valence-electron chi connectivity index (χ3n) is 5.38. The molecular weight excluding hydrogens is 356 g/mol. The maximum absolute atomic E-state index is 10.5. The predicted octanol–water partition coefficient (Wildman–Crippen LogP) is 3.10. The second kappa shape index (κ2) is 11.8. The lowest BCUT2D eigenvalue weighted by atomic mass is 9.89. The fourth-order valence-electron chi connectivity index (χ4n) is 3.76. The fourth-order valence-corrected chi connectivity index (χ4v) is 3.76. The van der Waals surface area contributed by atoms with Gasteiger partial charge in [-0.25, -0.2) is 0 Å². The number of carboxylic acid groups (broad SMARTS) is 1. The Kier molecular flexibility index (Phi) is 9.41. The molecule has 1 saturated carbocycles. The highest BCUT2D eigenvalue weighted by atomic mass is 16.4. The molecule has 4 N–H and O–H groups in total. The van der Waals surface area contributed by atoms with Crippen molar-refractivity contribution < 1.29 is 25.2 Å². The molecule has 1 aliphatic carbocycles. The lowest BCUT2D eigenvalue weighted by molar-refractivity contribution is -0.137. The first kappa shape index (κ1) is 22.3. The number of hydrogen-bond acceptors (Lipinski definition) is 4. The van der Waals surface area contributed by atoms with Gasteiger partial charge in [0.15, 0.2) is 0 Å². The van der Waals surface area contributed by atoms with Crippen molar-refractivity contribution in [1.29, 1.82) is 0 Å². The van der Waals surface area contributed by atoms with E-state index < -0.39 is 24.3 Å². The van der Waals surface area contributed by atoms with Crippen molar-refractivity contribution in [2.24, 2.45) is 11.8 Å². The molecule has 1 unspecified atom stereocenters. The zero-order valence-electron chi connectivity index (χ0n) is 16.2. The molecule has 2 rings (SSSR count). The van der Waals surface area contributed by atoms with Gasteiger partial charge in [-0.1, -0.05) is 54.6 Å². The van der Waals surface area contributed by atoms with Crippen LogP contribution in [0.1, 0.15) is 44.1 Å². The van der Waals surface area contributed by atoms with Crippen molar-refractivity contribution in [3.63, 3.8) is 0 Å². The Balaban J connectivity index is 1.82. The molecule has 0 saturated heterocycles. The molecule has 1 aliphatic rings. The number of unbranched alkanes of at least 4 members (excludes halogenated alkanes) is 1. The molecule has 0 radical (unpaired) electrons. The van der Waals surface area contributed by atoms with Crippen LogP contribution in [0.2, 0.25) is 0 Å². The first-order valence-corrected chi connectivity index (χ1v) is 10.1. The summed E-state index contributed by atoms with van der Waals surface area (Å²) in [4.78, 5) is 10.5. The van der Waals surface area contributed by atoms with Crippen LogP contribution in [0.3, 0.4) is 0 Å². The Hall–Kier alpha value is -1.95. The number of allylic oxidation sites excluding steroid dienone is 2. The number of aryl methyl sites for hydroxylation is 1. The zero-order valence-corrected chi connectivity index (χ0v) is 16.2. The van der Waals surface area contributed by atoms with Crippen molar-refractivity contribution in [3.8, 4) is 0 Å². The molecule has 154 valence electrons.